The van der Waals surface area contributed by atoms with Crippen LogP contribution in [-0.2, 0) is 6.54 Å². The third-order valence-electron chi connectivity index (χ3n) is 4.66. The van der Waals surface area contributed by atoms with Gasteiger partial charge in [-0.25, -0.2) is 0 Å². The summed E-state index contributed by atoms with van der Waals surface area (Å²) in [4.78, 5) is 16.7. The van der Waals surface area contributed by atoms with E-state index in [1.54, 1.807) is 36.2 Å². The Morgan fingerprint density at radius 2 is 1.84 bits per heavy atom. The number of nitrogens with zero attached hydrogens (tertiary/aromatic N) is 3. The topological polar surface area (TPSA) is 47.3 Å². The van der Waals surface area contributed by atoms with Crippen LogP contribution in [0.2, 0.25) is 0 Å². The van der Waals surface area contributed by atoms with Gasteiger partial charge < -0.3 is 9.80 Å². The maximum atomic E-state index is 12.5. The minimum atomic E-state index is -0.0720. The van der Waals surface area contributed by atoms with Crippen LogP contribution in [0.15, 0.2) is 48.5 Å². The number of amides is 1. The summed E-state index contributed by atoms with van der Waals surface area (Å²) in [5.74, 6) is -0.0720. The SMILES string of the molecule is CN(Cc1ccc(N2CCCCC2)cc1)C(=O)c1cccc(C#N)c1. The van der Waals surface area contributed by atoms with Gasteiger partial charge in [-0.1, -0.05) is 18.2 Å². The first kappa shape index (κ1) is 17.0. The van der Waals surface area contributed by atoms with Crippen LogP contribution >= 0.6 is 0 Å². The second-order valence-corrected chi connectivity index (χ2v) is 6.57. The number of piperidine rings is 1. The van der Waals surface area contributed by atoms with Crippen molar-refractivity contribution in [3.63, 3.8) is 0 Å². The highest BCUT2D eigenvalue weighted by Crippen LogP contribution is 2.21. The molecule has 2 aromatic rings. The number of anilines is 1. The van der Waals surface area contributed by atoms with Crippen molar-refractivity contribution in [2.24, 2.45) is 0 Å². The van der Waals surface area contributed by atoms with E-state index in [-0.39, 0.29) is 5.91 Å². The monoisotopic (exact) mass is 333 g/mol. The smallest absolute Gasteiger partial charge is 0.253 e. The lowest BCUT2D eigenvalue weighted by molar-refractivity contribution is 0.0785. The van der Waals surface area contributed by atoms with Crippen molar-refractivity contribution in [2.45, 2.75) is 25.8 Å². The van der Waals surface area contributed by atoms with Gasteiger partial charge in [0.1, 0.15) is 0 Å². The molecule has 0 unspecified atom stereocenters. The molecule has 0 aliphatic carbocycles. The molecule has 0 bridgehead atoms. The van der Waals surface area contributed by atoms with Gasteiger partial charge in [0.25, 0.3) is 5.91 Å². The van der Waals surface area contributed by atoms with E-state index in [4.69, 9.17) is 5.26 Å². The first-order valence-electron chi connectivity index (χ1n) is 8.77. The fraction of sp³-hybridized carbons (Fsp3) is 0.333. The Bertz CT molecular complexity index is 770. The molecule has 0 radical (unpaired) electrons. The van der Waals surface area contributed by atoms with Crippen LogP contribution in [0.4, 0.5) is 5.69 Å². The van der Waals surface area contributed by atoms with E-state index in [2.05, 4.69) is 35.2 Å². The highest BCUT2D eigenvalue weighted by molar-refractivity contribution is 5.94. The molecule has 1 amide bonds. The van der Waals surface area contributed by atoms with Gasteiger partial charge in [0.05, 0.1) is 11.6 Å². The van der Waals surface area contributed by atoms with E-state index in [0.717, 1.165) is 18.7 Å². The van der Waals surface area contributed by atoms with Crippen LogP contribution in [0.5, 0.6) is 0 Å². The summed E-state index contributed by atoms with van der Waals surface area (Å²) in [7, 11) is 1.79. The molecule has 4 heteroatoms. The summed E-state index contributed by atoms with van der Waals surface area (Å²) in [5.41, 5.74) is 3.42. The Morgan fingerprint density at radius 3 is 2.52 bits per heavy atom. The number of nitriles is 1. The predicted molar refractivity (Wildman–Crippen MR) is 99.5 cm³/mol. The zero-order valence-corrected chi connectivity index (χ0v) is 14.6. The fourth-order valence-corrected chi connectivity index (χ4v) is 3.25. The quantitative estimate of drug-likeness (QED) is 0.854. The van der Waals surface area contributed by atoms with E-state index >= 15 is 0 Å². The zero-order chi connectivity index (χ0) is 17.6. The Hall–Kier alpha value is -2.80. The maximum Gasteiger partial charge on any atom is 0.253 e. The van der Waals surface area contributed by atoms with Crippen LogP contribution in [0.25, 0.3) is 0 Å². The highest BCUT2D eigenvalue weighted by Gasteiger charge is 2.14. The lowest BCUT2D eigenvalue weighted by atomic mass is 10.1. The molecule has 0 atom stereocenters. The third kappa shape index (κ3) is 4.19. The maximum absolute atomic E-state index is 12.5. The molecule has 25 heavy (non-hydrogen) atoms. The van der Waals surface area contributed by atoms with Gasteiger partial charge in [0.15, 0.2) is 0 Å². The second kappa shape index (κ2) is 7.85. The number of hydrogen-bond acceptors (Lipinski definition) is 3. The van der Waals surface area contributed by atoms with Crippen molar-refractivity contribution in [1.29, 1.82) is 5.26 Å². The minimum absolute atomic E-state index is 0.0720. The molecule has 0 aromatic heterocycles. The normalized spacial score (nSPS) is 14.0. The van der Waals surface area contributed by atoms with E-state index in [1.807, 2.05) is 0 Å². The third-order valence-corrected chi connectivity index (χ3v) is 4.66. The summed E-state index contributed by atoms with van der Waals surface area (Å²) in [5, 5.41) is 8.97. The molecule has 128 valence electrons. The summed E-state index contributed by atoms with van der Waals surface area (Å²) in [6.07, 6.45) is 3.86. The molecular weight excluding hydrogens is 310 g/mol. The molecule has 1 aliphatic rings. The molecular formula is C21H23N3O. The summed E-state index contributed by atoms with van der Waals surface area (Å²) in [6.45, 7) is 2.82. The first-order chi connectivity index (χ1) is 12.2. The van der Waals surface area contributed by atoms with Gasteiger partial charge >= 0.3 is 0 Å². The molecule has 1 fully saturated rings. The lowest BCUT2D eigenvalue weighted by Gasteiger charge is -2.29. The molecule has 1 heterocycles. The van der Waals surface area contributed by atoms with Crippen molar-refractivity contribution in [3.8, 4) is 6.07 Å². The first-order valence-corrected chi connectivity index (χ1v) is 8.77. The standard InChI is InChI=1S/C21H23N3O/c1-23(21(25)19-7-5-6-18(14-19)15-22)16-17-8-10-20(11-9-17)24-12-3-2-4-13-24/h5-11,14H,2-4,12-13,16H2,1H3. The summed E-state index contributed by atoms with van der Waals surface area (Å²) >= 11 is 0. The van der Waals surface area contributed by atoms with Crippen molar-refractivity contribution in [1.82, 2.24) is 4.90 Å². The van der Waals surface area contributed by atoms with Gasteiger partial charge in [-0.05, 0) is 55.2 Å². The molecule has 0 N–H and O–H groups in total. The number of carbonyl (C=O) groups excluding carboxylic acids is 1. The van der Waals surface area contributed by atoms with E-state index in [0.29, 0.717) is 17.7 Å². The molecule has 1 saturated heterocycles. The van der Waals surface area contributed by atoms with Gasteiger partial charge in [0.2, 0.25) is 0 Å². The van der Waals surface area contributed by atoms with Crippen LogP contribution < -0.4 is 4.90 Å². The average Bonchev–Trinajstić information content (AvgIpc) is 2.68. The van der Waals surface area contributed by atoms with Crippen molar-refractivity contribution < 1.29 is 4.79 Å². The summed E-state index contributed by atoms with van der Waals surface area (Å²) in [6, 6.07) is 17.4. The van der Waals surface area contributed by atoms with E-state index < -0.39 is 0 Å². The lowest BCUT2D eigenvalue weighted by Crippen LogP contribution is -2.29. The number of benzene rings is 2. The molecule has 0 spiro atoms. The number of carbonyl (C=O) groups is 1. The predicted octanol–water partition coefficient (Wildman–Crippen LogP) is 3.82. The number of rotatable bonds is 4. The largest absolute Gasteiger partial charge is 0.372 e. The molecule has 2 aromatic carbocycles. The van der Waals surface area contributed by atoms with Gasteiger partial charge in [-0.3, -0.25) is 4.79 Å². The van der Waals surface area contributed by atoms with Gasteiger partial charge in [-0.2, -0.15) is 5.26 Å². The Balaban J connectivity index is 1.64. The molecule has 4 nitrogen and oxygen atoms in total. The van der Waals surface area contributed by atoms with Gasteiger partial charge in [0, 0.05) is 37.9 Å². The van der Waals surface area contributed by atoms with Crippen molar-refractivity contribution in [3.05, 3.63) is 65.2 Å². The van der Waals surface area contributed by atoms with Crippen LogP contribution in [0.3, 0.4) is 0 Å². The van der Waals surface area contributed by atoms with E-state index in [1.165, 1.54) is 24.9 Å². The van der Waals surface area contributed by atoms with Crippen molar-refractivity contribution in [2.75, 3.05) is 25.0 Å². The van der Waals surface area contributed by atoms with Crippen LogP contribution in [0, 0.1) is 11.3 Å². The minimum Gasteiger partial charge on any atom is -0.372 e. The van der Waals surface area contributed by atoms with Crippen LogP contribution in [0.1, 0.15) is 40.7 Å². The van der Waals surface area contributed by atoms with Crippen molar-refractivity contribution >= 4 is 11.6 Å². The highest BCUT2D eigenvalue weighted by atomic mass is 16.2. The zero-order valence-electron chi connectivity index (χ0n) is 14.6. The number of hydrogen-bond donors (Lipinski definition) is 0. The Labute approximate surface area is 149 Å². The van der Waals surface area contributed by atoms with Gasteiger partial charge in [-0.15, -0.1) is 0 Å². The Morgan fingerprint density at radius 1 is 1.12 bits per heavy atom. The van der Waals surface area contributed by atoms with Crippen LogP contribution in [-0.4, -0.2) is 30.9 Å². The van der Waals surface area contributed by atoms with E-state index in [9.17, 15) is 4.79 Å². The molecule has 0 saturated carbocycles. The average molecular weight is 333 g/mol. The fourth-order valence-electron chi connectivity index (χ4n) is 3.25. The summed E-state index contributed by atoms with van der Waals surface area (Å²) < 4.78 is 0. The molecule has 3 rings (SSSR count). The second-order valence-electron chi connectivity index (χ2n) is 6.57. The Kier molecular flexibility index (Phi) is 5.35. The molecule has 1 aliphatic heterocycles.